The topological polar surface area (TPSA) is 112 Å². The Balaban J connectivity index is -0.000000777. The van der Waals surface area contributed by atoms with Crippen LogP contribution in [0.4, 0.5) is 0 Å². The van der Waals surface area contributed by atoms with Gasteiger partial charge >= 0.3 is 0 Å². The molecule has 49 heavy (non-hydrogen) atoms. The van der Waals surface area contributed by atoms with Crippen molar-refractivity contribution in [3.8, 4) is 0 Å². The van der Waals surface area contributed by atoms with Crippen molar-refractivity contribution in [3.63, 3.8) is 0 Å². The Morgan fingerprint density at radius 3 is 1.86 bits per heavy atom. The zero-order valence-electron chi connectivity index (χ0n) is 32.9. The highest BCUT2D eigenvalue weighted by Gasteiger charge is 2.28. The monoisotopic (exact) mass is 688 g/mol. The first-order valence-corrected chi connectivity index (χ1v) is 17.9. The largest absolute Gasteiger partial charge is 0.383 e. The highest BCUT2D eigenvalue weighted by molar-refractivity contribution is 5.93. The maximum atomic E-state index is 12.2. The first-order chi connectivity index (χ1) is 23.2. The van der Waals surface area contributed by atoms with Crippen LogP contribution in [-0.2, 0) is 25.7 Å². The maximum absolute atomic E-state index is 12.2. The molecule has 0 aliphatic carbocycles. The Hall–Kier alpha value is -3.43. The van der Waals surface area contributed by atoms with E-state index < -0.39 is 0 Å². The van der Waals surface area contributed by atoms with E-state index in [2.05, 4.69) is 87.6 Å². The van der Waals surface area contributed by atoms with Crippen LogP contribution in [0.1, 0.15) is 106 Å². The fourth-order valence-electron chi connectivity index (χ4n) is 3.87. The molecule has 0 aromatic heterocycles. The van der Waals surface area contributed by atoms with Crippen molar-refractivity contribution in [1.29, 1.82) is 0 Å². The Labute approximate surface area is 300 Å². The highest BCUT2D eigenvalue weighted by Crippen LogP contribution is 2.24. The van der Waals surface area contributed by atoms with Gasteiger partial charge in [-0.2, -0.15) is 0 Å². The standard InChI is InChI=1S/C22H32N4O.C6H14.C5H12O.C4H10.C3H5NO2/c1-16-11-21(26(5)15-16)19(4)24-12-17(2)22(27)25-13-18(3)23-14-20-9-7-6-8-10-20;1-3-5-6-4-2;1-5(2,3)6-4;1-3-4-2;5-2-1-4-3-6/h6-10,16,21,23-24H,2-4,11-15H2,1,5H3,(H,25,27);3-6H2,1-2H3;1-4H3;3-4H2,1-2H3;2-3H,1H2,(H,4,6)/t16-,21?;;;;/m1..../s1. The van der Waals surface area contributed by atoms with Gasteiger partial charge in [-0.05, 0) is 45.7 Å². The second kappa shape index (κ2) is 33.1. The summed E-state index contributed by atoms with van der Waals surface area (Å²) < 4.78 is 4.94. The molecule has 282 valence electrons. The molecule has 0 radical (unpaired) electrons. The molecule has 9 heteroatoms. The molecule has 1 fully saturated rings. The van der Waals surface area contributed by atoms with Crippen LogP contribution >= 0.6 is 0 Å². The molecule has 2 atom stereocenters. The number of hydrogen-bond acceptors (Lipinski definition) is 7. The number of carbonyl (C=O) groups excluding carboxylic acids is 3. The number of ether oxygens (including phenoxy) is 1. The first kappa shape index (κ1) is 50.0. The van der Waals surface area contributed by atoms with Gasteiger partial charge in [-0.25, -0.2) is 0 Å². The third-order valence-electron chi connectivity index (χ3n) is 7.21. The van der Waals surface area contributed by atoms with E-state index in [1.54, 1.807) is 7.11 Å². The number of nitrogens with zero attached hydrogens (tertiary/aromatic N) is 1. The molecule has 2 rings (SSSR count). The molecule has 1 aromatic carbocycles. The number of unbranched alkanes of at least 4 members (excludes halogenated alkanes) is 4. The van der Waals surface area contributed by atoms with Crippen LogP contribution in [0.15, 0.2) is 67.0 Å². The average Bonchev–Trinajstić information content (AvgIpc) is 3.44. The van der Waals surface area contributed by atoms with E-state index >= 15 is 0 Å². The van der Waals surface area contributed by atoms with Gasteiger partial charge < -0.3 is 30.8 Å². The number of amides is 2. The molecule has 9 nitrogen and oxygen atoms in total. The normalized spacial score (nSPS) is 14.7. The number of carbonyl (C=O) groups is 3. The second-order valence-corrected chi connectivity index (χ2v) is 13.1. The summed E-state index contributed by atoms with van der Waals surface area (Å²) in [4.78, 5) is 33.1. The number of nitrogens with one attached hydrogen (secondary N) is 4. The molecule has 2 amide bonds. The average molecular weight is 688 g/mol. The summed E-state index contributed by atoms with van der Waals surface area (Å²) >= 11 is 0. The molecular formula is C40H73N5O4. The summed E-state index contributed by atoms with van der Waals surface area (Å²) in [6.45, 7) is 31.7. The maximum Gasteiger partial charge on any atom is 0.248 e. The third-order valence-corrected chi connectivity index (χ3v) is 7.21. The number of likely N-dealkylation sites (N-methyl/N-ethyl adjacent to an activating group) is 1. The van der Waals surface area contributed by atoms with Crippen LogP contribution < -0.4 is 21.3 Å². The van der Waals surface area contributed by atoms with Gasteiger partial charge in [0, 0.05) is 49.8 Å². The van der Waals surface area contributed by atoms with E-state index in [9.17, 15) is 14.4 Å². The minimum Gasteiger partial charge on any atom is -0.383 e. The second-order valence-electron chi connectivity index (χ2n) is 13.1. The Kier molecular flexibility index (Phi) is 33.7. The number of rotatable bonds is 17. The predicted molar refractivity (Wildman–Crippen MR) is 209 cm³/mol. The zero-order valence-corrected chi connectivity index (χ0v) is 32.9. The van der Waals surface area contributed by atoms with E-state index in [4.69, 9.17) is 4.74 Å². The van der Waals surface area contributed by atoms with Crippen molar-refractivity contribution in [3.05, 3.63) is 72.6 Å². The molecular weight excluding hydrogens is 614 g/mol. The molecule has 4 N–H and O–H groups in total. The molecule has 1 aromatic rings. The summed E-state index contributed by atoms with van der Waals surface area (Å²) in [5.41, 5.74) is 3.41. The molecule has 0 bridgehead atoms. The molecule has 1 unspecified atom stereocenters. The Bertz CT molecular complexity index is 994. The Morgan fingerprint density at radius 1 is 0.918 bits per heavy atom. The molecule has 1 aliphatic heterocycles. The van der Waals surface area contributed by atoms with E-state index in [0.717, 1.165) is 24.4 Å². The lowest BCUT2D eigenvalue weighted by atomic mass is 10.1. The lowest BCUT2D eigenvalue weighted by Gasteiger charge is -2.23. The van der Waals surface area contributed by atoms with E-state index in [1.807, 2.05) is 51.1 Å². The van der Waals surface area contributed by atoms with Gasteiger partial charge in [-0.15, -0.1) is 0 Å². The summed E-state index contributed by atoms with van der Waals surface area (Å²) in [5.74, 6) is 0.491. The van der Waals surface area contributed by atoms with E-state index in [0.29, 0.717) is 49.9 Å². The zero-order chi connectivity index (χ0) is 38.1. The fourth-order valence-corrected chi connectivity index (χ4v) is 3.87. The van der Waals surface area contributed by atoms with Crippen LogP contribution in [-0.4, -0.2) is 75.5 Å². The van der Waals surface area contributed by atoms with Gasteiger partial charge in [0.15, 0.2) is 0 Å². The molecule has 0 saturated carbocycles. The molecule has 1 aliphatic rings. The van der Waals surface area contributed by atoms with Gasteiger partial charge in [0.1, 0.15) is 6.29 Å². The molecule has 1 saturated heterocycles. The van der Waals surface area contributed by atoms with Crippen molar-refractivity contribution in [2.45, 2.75) is 119 Å². The SMILES string of the molecule is C=C(CNC(=O)C(=C)CNC(=C)C1C[C@@H](C)CN1C)NCc1ccccc1.CCCC.CCCCCC.COC(C)(C)C.O=CCNC=O. The quantitative estimate of drug-likeness (QED) is 0.0781. The van der Waals surface area contributed by atoms with Gasteiger partial charge in [0.05, 0.1) is 18.7 Å². The van der Waals surface area contributed by atoms with E-state index in [1.165, 1.54) is 44.1 Å². The summed E-state index contributed by atoms with van der Waals surface area (Å²) in [7, 11) is 3.82. The van der Waals surface area contributed by atoms with Gasteiger partial charge in [0.2, 0.25) is 12.3 Å². The number of aldehydes is 1. The summed E-state index contributed by atoms with van der Waals surface area (Å²) in [6, 6.07) is 10.4. The van der Waals surface area contributed by atoms with Gasteiger partial charge in [-0.1, -0.05) is 123 Å². The first-order valence-electron chi connectivity index (χ1n) is 17.9. The van der Waals surface area contributed by atoms with Crippen molar-refractivity contribution in [2.75, 3.05) is 40.3 Å². The van der Waals surface area contributed by atoms with Gasteiger partial charge in [0.25, 0.3) is 0 Å². The Morgan fingerprint density at radius 2 is 1.47 bits per heavy atom. The van der Waals surface area contributed by atoms with Crippen LogP contribution in [0.25, 0.3) is 0 Å². The number of likely N-dealkylation sites (tertiary alicyclic amines) is 1. The lowest BCUT2D eigenvalue weighted by molar-refractivity contribution is -0.117. The van der Waals surface area contributed by atoms with Crippen LogP contribution in [0, 0.1) is 5.92 Å². The minimum atomic E-state index is -0.175. The number of methoxy groups -OCH3 is 1. The lowest BCUT2D eigenvalue weighted by Crippen LogP contribution is -2.36. The summed E-state index contributed by atoms with van der Waals surface area (Å²) in [6.07, 6.45) is 10.4. The van der Waals surface area contributed by atoms with Gasteiger partial charge in [-0.3, -0.25) is 14.5 Å². The van der Waals surface area contributed by atoms with Crippen LogP contribution in [0.3, 0.4) is 0 Å². The highest BCUT2D eigenvalue weighted by atomic mass is 16.5. The smallest absolute Gasteiger partial charge is 0.248 e. The molecule has 0 spiro atoms. The van der Waals surface area contributed by atoms with Crippen LogP contribution in [0.5, 0.6) is 0 Å². The molecule has 1 heterocycles. The van der Waals surface area contributed by atoms with Crippen molar-refractivity contribution >= 4 is 18.6 Å². The van der Waals surface area contributed by atoms with Crippen molar-refractivity contribution in [1.82, 2.24) is 26.2 Å². The number of hydrogen-bond donors (Lipinski definition) is 4. The third kappa shape index (κ3) is 32.9. The van der Waals surface area contributed by atoms with Crippen LogP contribution in [0.2, 0.25) is 0 Å². The summed E-state index contributed by atoms with van der Waals surface area (Å²) in [5, 5.41) is 11.5. The van der Waals surface area contributed by atoms with E-state index in [-0.39, 0.29) is 18.1 Å². The number of benzene rings is 1. The fraction of sp³-hybridized carbons (Fsp3) is 0.625. The predicted octanol–water partition coefficient (Wildman–Crippen LogP) is 7.16. The van der Waals surface area contributed by atoms with Crippen molar-refractivity contribution in [2.24, 2.45) is 5.92 Å². The van der Waals surface area contributed by atoms with Crippen molar-refractivity contribution < 1.29 is 19.1 Å². The minimum absolute atomic E-state index is 0.0417.